The first kappa shape index (κ1) is 105. The Labute approximate surface area is 697 Å². The molecule has 0 bridgehead atoms. The molecule has 1 aromatic carbocycles. The first-order valence-electron chi connectivity index (χ1n) is 41.7. The van der Waals surface area contributed by atoms with E-state index in [4.69, 9.17) is 11.5 Å². The van der Waals surface area contributed by atoms with Crippen molar-refractivity contribution >= 4 is 94.5 Å². The number of benzene rings is 1. The fourth-order valence-electron chi connectivity index (χ4n) is 12.4. The molecule has 0 aliphatic heterocycles. The van der Waals surface area contributed by atoms with Gasteiger partial charge in [0, 0.05) is 44.6 Å². The predicted octanol–water partition coefficient (Wildman–Crippen LogP) is -2.58. The molecule has 0 radical (unpaired) electrons. The lowest BCUT2D eigenvalue weighted by Gasteiger charge is -2.28. The number of aromatic amines is 1. The highest BCUT2D eigenvalue weighted by molar-refractivity contribution is 6.00. The minimum Gasteiger partial charge on any atom is -0.394 e. The van der Waals surface area contributed by atoms with Gasteiger partial charge >= 0.3 is 0 Å². The number of unbranched alkanes of at least 4 members (excludes halogenated alkanes) is 15. The molecule has 0 aliphatic rings. The third-order valence-electron chi connectivity index (χ3n) is 19.6. The molecule has 0 fully saturated rings. The van der Waals surface area contributed by atoms with E-state index < -0.39 is 205 Å². The molecular weight excluding hydrogens is 1550 g/mol. The van der Waals surface area contributed by atoms with Crippen LogP contribution < -0.4 is 91.2 Å². The molecule has 0 saturated carbocycles. The van der Waals surface area contributed by atoms with E-state index in [1.165, 1.54) is 91.7 Å². The second kappa shape index (κ2) is 59.4. The lowest BCUT2D eigenvalue weighted by molar-refractivity contribution is -0.137. The lowest BCUT2D eigenvalue weighted by atomic mass is 10.0. The van der Waals surface area contributed by atoms with E-state index >= 15 is 0 Å². The molecule has 24 N–H and O–H groups in total. The fourth-order valence-corrected chi connectivity index (χ4v) is 12.4. The Hall–Kier alpha value is -10.2. The third kappa shape index (κ3) is 42.3. The van der Waals surface area contributed by atoms with E-state index in [9.17, 15) is 97.1 Å². The standard InChI is InChI=1S/C80H135N19O20/c1-10-13-15-16-17-18-19-20-21-22-23-24-29-37-64(105)85-44-65(106)87-48(4)68(107)91-56(36-30-31-40-81)72(111)94-59(41-53-33-27-25-28-34-53)77(116)93-57(35-26-14-11-2)75(114)99-67(52(8)103)80(119)97-62(46-101)78(117)89-50(6)70(109)92-58(38-39-63(82)104)73(112)95-60(42-54-43-84-47-86-54)76(115)88-49(5)69(108)90-55(32-12-3)74(113)98-66(51(7)102)79(118)96-61(45-100)71(110)83-9/h25,27-28,33-34,43,47-52,55-62,66-67,100-103H,10-24,26,29-32,35-42,44-46,81H2,1-9H3,(H2,82,104)(H,83,110)(H,84,86)(H,85,105)(H,87,106)(H,88,115)(H,89,117)(H,90,108)(H,91,107)(H,92,109)(H,93,116)(H,94,111)(H,95,112)(H,96,118)(H,97,119)(H,98,113)(H,99,114)/t48-,49-,50-,51+,52+,55-,56+,57+,58-,59-,60-,61-,62+,66-,67-/m0/s1. The van der Waals surface area contributed by atoms with Crippen LogP contribution in [0.3, 0.4) is 0 Å². The summed E-state index contributed by atoms with van der Waals surface area (Å²) in [5, 5.41) is 78.3. The van der Waals surface area contributed by atoms with Gasteiger partial charge in [0.1, 0.15) is 78.5 Å². The van der Waals surface area contributed by atoms with Gasteiger partial charge in [0.05, 0.1) is 38.3 Å². The van der Waals surface area contributed by atoms with Gasteiger partial charge in [0.15, 0.2) is 0 Å². The molecule has 39 nitrogen and oxygen atoms in total. The number of aromatic nitrogens is 2. The van der Waals surface area contributed by atoms with Gasteiger partial charge < -0.3 is 117 Å². The first-order valence-corrected chi connectivity index (χ1v) is 41.7. The number of imidazole rings is 1. The van der Waals surface area contributed by atoms with E-state index in [1.54, 1.807) is 37.3 Å². The van der Waals surface area contributed by atoms with Crippen LogP contribution in [0.1, 0.15) is 227 Å². The molecule has 2 rings (SSSR count). The number of amides is 16. The van der Waals surface area contributed by atoms with Crippen LogP contribution in [0.2, 0.25) is 0 Å². The van der Waals surface area contributed by atoms with Crippen LogP contribution in [0, 0.1) is 0 Å². The molecule has 2 aromatic rings. The van der Waals surface area contributed by atoms with Gasteiger partial charge in [0.25, 0.3) is 0 Å². The maximum Gasteiger partial charge on any atom is 0.245 e. The van der Waals surface area contributed by atoms with Crippen LogP contribution in [0.4, 0.5) is 0 Å². The number of likely N-dealkylation sites (N-methyl/N-ethyl adjacent to an activating group) is 1. The van der Waals surface area contributed by atoms with Crippen molar-refractivity contribution in [3.63, 3.8) is 0 Å². The summed E-state index contributed by atoms with van der Waals surface area (Å²) >= 11 is 0. The number of aliphatic hydroxyl groups is 4. The van der Waals surface area contributed by atoms with Crippen LogP contribution in [0.5, 0.6) is 0 Å². The number of aliphatic hydroxyl groups excluding tert-OH is 4. The minimum absolute atomic E-state index is 0.0199. The molecule has 1 aromatic heterocycles. The minimum atomic E-state index is -1.90. The Bertz CT molecular complexity index is 3480. The zero-order chi connectivity index (χ0) is 88.9. The monoisotopic (exact) mass is 1680 g/mol. The number of primary amides is 1. The van der Waals surface area contributed by atoms with E-state index in [1.807, 2.05) is 6.92 Å². The molecule has 119 heavy (non-hydrogen) atoms. The SMILES string of the molecule is CCCCCCCCCCCCCCCC(=O)NCC(=O)N[C@@H](C)C(=O)N[C@H](CCCCN)C(=O)N[C@@H](Cc1ccccc1)C(=O)N[C@H](CCCCC)C(=O)N[C@H](C(=O)N[C@H](CO)C(=O)N[C@@H](C)C(=O)N[C@@H](CCC(N)=O)C(=O)N[C@@H](Cc1cnc[nH]1)C(=O)N[C@@H](C)C(=O)N[C@@H](CCC)C(=O)N[C@H](C(=O)N[C@@H](CO)C(=O)NC)[C@@H](C)O)[C@@H](C)O. The van der Waals surface area contributed by atoms with Crippen LogP contribution in [-0.4, -0.2) is 249 Å². The average Bonchev–Trinajstić information content (AvgIpc) is 1.82. The summed E-state index contributed by atoms with van der Waals surface area (Å²) in [7, 11) is 1.26. The summed E-state index contributed by atoms with van der Waals surface area (Å²) in [4.78, 5) is 224. The number of carbonyl (C=O) groups excluding carboxylic acids is 16. The number of hydrogen-bond donors (Lipinski definition) is 22. The lowest BCUT2D eigenvalue weighted by Crippen LogP contribution is -2.62. The first-order chi connectivity index (χ1) is 56.7. The van der Waals surface area contributed by atoms with Gasteiger partial charge in [-0.1, -0.05) is 154 Å². The van der Waals surface area contributed by atoms with Crippen molar-refractivity contribution in [2.45, 2.75) is 320 Å². The Morgan fingerprint density at radius 3 is 1.20 bits per heavy atom. The molecule has 670 valence electrons. The summed E-state index contributed by atoms with van der Waals surface area (Å²) < 4.78 is 0. The number of H-pyrrole nitrogens is 1. The highest BCUT2D eigenvalue weighted by atomic mass is 16.3. The summed E-state index contributed by atoms with van der Waals surface area (Å²) in [5.74, 6) is -14.6. The Morgan fingerprint density at radius 1 is 0.387 bits per heavy atom. The second-order valence-corrected chi connectivity index (χ2v) is 30.0. The summed E-state index contributed by atoms with van der Waals surface area (Å²) in [6.45, 7) is 9.77. The van der Waals surface area contributed by atoms with Gasteiger partial charge in [-0.2, -0.15) is 0 Å². The number of nitrogens with one attached hydrogen (secondary N) is 16. The van der Waals surface area contributed by atoms with Crippen molar-refractivity contribution in [3.8, 4) is 0 Å². The molecule has 0 aliphatic carbocycles. The normalized spacial score (nSPS) is 14.9. The van der Waals surface area contributed by atoms with Crippen molar-refractivity contribution in [2.75, 3.05) is 33.4 Å². The number of carbonyl (C=O) groups is 16. The van der Waals surface area contributed by atoms with Crippen molar-refractivity contribution in [3.05, 3.63) is 54.1 Å². The second-order valence-electron chi connectivity index (χ2n) is 30.0. The average molecular weight is 1680 g/mol. The van der Waals surface area contributed by atoms with Crippen molar-refractivity contribution in [1.82, 2.24) is 89.7 Å². The molecule has 0 unspecified atom stereocenters. The number of nitrogens with zero attached hydrogens (tertiary/aromatic N) is 1. The molecule has 15 atom stereocenters. The predicted molar refractivity (Wildman–Crippen MR) is 440 cm³/mol. The topological polar surface area (TPSA) is 615 Å². The molecule has 39 heteroatoms. The largest absolute Gasteiger partial charge is 0.394 e. The number of nitrogens with two attached hydrogens (primary N) is 2. The van der Waals surface area contributed by atoms with Crippen LogP contribution in [0.25, 0.3) is 0 Å². The van der Waals surface area contributed by atoms with Gasteiger partial charge in [-0.3, -0.25) is 76.7 Å². The third-order valence-corrected chi connectivity index (χ3v) is 19.6. The van der Waals surface area contributed by atoms with Gasteiger partial charge in [-0.25, -0.2) is 4.98 Å². The van der Waals surface area contributed by atoms with E-state index in [0.29, 0.717) is 50.5 Å². The van der Waals surface area contributed by atoms with E-state index in [0.717, 1.165) is 39.5 Å². The maximum atomic E-state index is 14.6. The number of hydrogen-bond acceptors (Lipinski definition) is 22. The zero-order valence-corrected chi connectivity index (χ0v) is 70.5. The van der Waals surface area contributed by atoms with Gasteiger partial charge in [-0.15, -0.1) is 0 Å². The fraction of sp³-hybridized carbons (Fsp3) is 0.688. The smallest absolute Gasteiger partial charge is 0.245 e. The van der Waals surface area contributed by atoms with Crippen molar-refractivity contribution in [1.29, 1.82) is 0 Å². The Kier molecular flexibility index (Phi) is 52.3. The van der Waals surface area contributed by atoms with E-state index in [-0.39, 0.29) is 63.2 Å². The van der Waals surface area contributed by atoms with Gasteiger partial charge in [0.2, 0.25) is 94.5 Å². The van der Waals surface area contributed by atoms with E-state index in [2.05, 4.69) is 96.6 Å². The Balaban J connectivity index is 2.27. The zero-order valence-electron chi connectivity index (χ0n) is 70.5. The van der Waals surface area contributed by atoms with Gasteiger partial charge in [-0.05, 0) is 91.7 Å². The summed E-state index contributed by atoms with van der Waals surface area (Å²) in [5.41, 5.74) is 12.1. The highest BCUT2D eigenvalue weighted by Gasteiger charge is 2.38. The quantitative estimate of drug-likeness (QED) is 0.0303. The Morgan fingerprint density at radius 2 is 0.765 bits per heavy atom. The van der Waals surface area contributed by atoms with Crippen molar-refractivity contribution < 1.29 is 97.1 Å². The molecule has 16 amide bonds. The molecule has 1 heterocycles. The van der Waals surface area contributed by atoms with Crippen LogP contribution in [0.15, 0.2) is 42.9 Å². The highest BCUT2D eigenvalue weighted by Crippen LogP contribution is 2.16. The van der Waals surface area contributed by atoms with Crippen LogP contribution >= 0.6 is 0 Å². The molecular formula is C80H135N19O20. The van der Waals surface area contributed by atoms with Crippen molar-refractivity contribution in [2.24, 2.45) is 11.5 Å². The summed E-state index contributed by atoms with van der Waals surface area (Å²) in [6, 6.07) is -11.4. The maximum absolute atomic E-state index is 14.6. The number of rotatable bonds is 63. The van der Waals surface area contributed by atoms with Crippen LogP contribution in [-0.2, 0) is 89.6 Å². The summed E-state index contributed by atoms with van der Waals surface area (Å²) in [6.07, 6.45) is 15.7. The molecule has 0 spiro atoms. The molecule has 0 saturated heterocycles.